The maximum atomic E-state index is 11.6. The zero-order valence-electron chi connectivity index (χ0n) is 8.90. The smallest absolute Gasteiger partial charge is 0.232 e. The highest BCUT2D eigenvalue weighted by Crippen LogP contribution is 2.22. The van der Waals surface area contributed by atoms with Gasteiger partial charge >= 0.3 is 0 Å². The molecule has 1 rings (SSSR count). The van der Waals surface area contributed by atoms with Crippen molar-refractivity contribution >= 4 is 30.3 Å². The fourth-order valence-corrected chi connectivity index (χ4v) is 2.52. The number of likely N-dealkylation sites (tertiary alicyclic amines) is 1. The van der Waals surface area contributed by atoms with Crippen molar-refractivity contribution in [1.29, 1.82) is 0 Å². The third-order valence-electron chi connectivity index (χ3n) is 2.76. The summed E-state index contributed by atoms with van der Waals surface area (Å²) in [4.78, 5) is 13.6. The Morgan fingerprint density at radius 2 is 2.43 bits per heavy atom. The monoisotopic (exact) mass is 233 g/mol. The van der Waals surface area contributed by atoms with Crippen molar-refractivity contribution in [2.24, 2.45) is 5.92 Å². The first-order chi connectivity index (χ1) is 6.65. The summed E-state index contributed by atoms with van der Waals surface area (Å²) in [6, 6.07) is 0. The normalized spacial score (nSPS) is 24.8. The number of hydrogen-bond donors (Lipinski definition) is 1. The average Bonchev–Trinajstić information content (AvgIpc) is 2.18. The molecular weight excluding hydrogens is 214 g/mol. The quantitative estimate of drug-likeness (QED) is 0.752. The van der Waals surface area contributed by atoms with Crippen molar-refractivity contribution in [2.75, 3.05) is 25.1 Å². The van der Waals surface area contributed by atoms with Crippen LogP contribution in [-0.4, -0.2) is 41.2 Å². The molecule has 0 saturated carbocycles. The summed E-state index contributed by atoms with van der Waals surface area (Å²) in [5, 5.41) is 0.403. The third kappa shape index (κ3) is 3.39. The molecule has 4 heteroatoms. The van der Waals surface area contributed by atoms with E-state index in [2.05, 4.69) is 19.6 Å². The van der Waals surface area contributed by atoms with Crippen LogP contribution < -0.4 is 0 Å². The van der Waals surface area contributed by atoms with Gasteiger partial charge in [0.2, 0.25) is 5.91 Å². The van der Waals surface area contributed by atoms with Crippen molar-refractivity contribution in [3.8, 4) is 0 Å². The maximum absolute atomic E-state index is 11.6. The lowest BCUT2D eigenvalue weighted by atomic mass is 9.95. The molecule has 0 spiro atoms. The standard InChI is InChI=1S/C10H19NOS2/c1-8(13)9-4-3-5-11(6-9)10(12)7-14-2/h8-9,13H,3-7H2,1-2H3/t8-,9?/m1/s1. The lowest BCUT2D eigenvalue weighted by Crippen LogP contribution is -2.42. The van der Waals surface area contributed by atoms with Crippen LogP contribution in [0.5, 0.6) is 0 Å². The van der Waals surface area contributed by atoms with E-state index in [1.54, 1.807) is 11.8 Å². The average molecular weight is 233 g/mol. The van der Waals surface area contributed by atoms with Crippen LogP contribution in [0.3, 0.4) is 0 Å². The largest absolute Gasteiger partial charge is 0.342 e. The van der Waals surface area contributed by atoms with E-state index in [4.69, 9.17) is 0 Å². The number of carbonyl (C=O) groups excluding carboxylic acids is 1. The van der Waals surface area contributed by atoms with Crippen LogP contribution >= 0.6 is 24.4 Å². The fourth-order valence-electron chi connectivity index (χ4n) is 1.85. The molecule has 1 aliphatic rings. The van der Waals surface area contributed by atoms with Gasteiger partial charge in [0.15, 0.2) is 0 Å². The number of piperidine rings is 1. The van der Waals surface area contributed by atoms with Crippen molar-refractivity contribution in [2.45, 2.75) is 25.0 Å². The Hall–Kier alpha value is 0.170. The summed E-state index contributed by atoms with van der Waals surface area (Å²) < 4.78 is 0. The summed E-state index contributed by atoms with van der Waals surface area (Å²) in [6.07, 6.45) is 4.32. The molecule has 0 N–H and O–H groups in total. The molecule has 1 aliphatic heterocycles. The molecule has 1 saturated heterocycles. The van der Waals surface area contributed by atoms with Crippen molar-refractivity contribution in [1.82, 2.24) is 4.90 Å². The molecule has 1 heterocycles. The van der Waals surface area contributed by atoms with Gasteiger partial charge in [0.25, 0.3) is 0 Å². The first-order valence-electron chi connectivity index (χ1n) is 5.10. The SMILES string of the molecule is CSCC(=O)N1CCCC([C@@H](C)S)C1. The number of nitrogens with zero attached hydrogens (tertiary/aromatic N) is 1. The van der Waals surface area contributed by atoms with Crippen LogP contribution in [-0.2, 0) is 4.79 Å². The Kier molecular flexibility index (Phi) is 5.17. The Labute approximate surface area is 96.2 Å². The van der Waals surface area contributed by atoms with E-state index in [9.17, 15) is 4.79 Å². The molecule has 2 nitrogen and oxygen atoms in total. The minimum Gasteiger partial charge on any atom is -0.342 e. The van der Waals surface area contributed by atoms with E-state index < -0.39 is 0 Å². The number of amides is 1. The Balaban J connectivity index is 2.43. The van der Waals surface area contributed by atoms with Crippen molar-refractivity contribution in [3.63, 3.8) is 0 Å². The highest BCUT2D eigenvalue weighted by atomic mass is 32.2. The van der Waals surface area contributed by atoms with Gasteiger partial charge in [0.05, 0.1) is 5.75 Å². The van der Waals surface area contributed by atoms with E-state index in [1.165, 1.54) is 6.42 Å². The second-order valence-electron chi connectivity index (χ2n) is 3.92. The number of carbonyl (C=O) groups is 1. The van der Waals surface area contributed by atoms with Crippen LogP contribution in [0.4, 0.5) is 0 Å². The second-order valence-corrected chi connectivity index (χ2v) is 5.60. The van der Waals surface area contributed by atoms with Gasteiger partial charge < -0.3 is 4.90 Å². The summed E-state index contributed by atoms with van der Waals surface area (Å²) in [7, 11) is 0. The molecule has 82 valence electrons. The van der Waals surface area contributed by atoms with E-state index >= 15 is 0 Å². The van der Waals surface area contributed by atoms with Gasteiger partial charge in [-0.05, 0) is 25.0 Å². The molecule has 0 aromatic carbocycles. The number of hydrogen-bond acceptors (Lipinski definition) is 3. The van der Waals surface area contributed by atoms with E-state index in [0.717, 1.165) is 19.5 Å². The van der Waals surface area contributed by atoms with Crippen molar-refractivity contribution in [3.05, 3.63) is 0 Å². The number of thiol groups is 1. The second kappa shape index (κ2) is 5.91. The molecule has 1 amide bonds. The summed E-state index contributed by atoms with van der Waals surface area (Å²) in [5.74, 6) is 1.49. The number of rotatable bonds is 3. The van der Waals surface area contributed by atoms with Crippen LogP contribution in [0.25, 0.3) is 0 Å². The molecule has 0 aromatic rings. The molecule has 0 bridgehead atoms. The van der Waals surface area contributed by atoms with Crippen LogP contribution in [0.15, 0.2) is 0 Å². The zero-order valence-corrected chi connectivity index (χ0v) is 10.6. The maximum Gasteiger partial charge on any atom is 0.232 e. The molecular formula is C10H19NOS2. The zero-order chi connectivity index (χ0) is 10.6. The third-order valence-corrected chi connectivity index (χ3v) is 3.72. The molecule has 1 unspecified atom stereocenters. The van der Waals surface area contributed by atoms with Gasteiger partial charge in [0.1, 0.15) is 0 Å². The first-order valence-corrected chi connectivity index (χ1v) is 7.01. The van der Waals surface area contributed by atoms with Gasteiger partial charge in [-0.1, -0.05) is 6.92 Å². The Bertz CT molecular complexity index is 197. The molecule has 0 radical (unpaired) electrons. The molecule has 0 aromatic heterocycles. The first kappa shape index (κ1) is 12.2. The minimum absolute atomic E-state index is 0.288. The lowest BCUT2D eigenvalue weighted by molar-refractivity contribution is -0.130. The highest BCUT2D eigenvalue weighted by molar-refractivity contribution is 7.99. The summed E-state index contributed by atoms with van der Waals surface area (Å²) in [5.41, 5.74) is 0. The minimum atomic E-state index is 0.288. The summed E-state index contributed by atoms with van der Waals surface area (Å²) in [6.45, 7) is 3.97. The van der Waals surface area contributed by atoms with Gasteiger partial charge in [-0.2, -0.15) is 24.4 Å². The van der Waals surface area contributed by atoms with Crippen LogP contribution in [0, 0.1) is 5.92 Å². The van der Waals surface area contributed by atoms with E-state index in [-0.39, 0.29) is 5.91 Å². The lowest BCUT2D eigenvalue weighted by Gasteiger charge is -2.34. The predicted octanol–water partition coefficient (Wildman–Crippen LogP) is 1.91. The van der Waals surface area contributed by atoms with Gasteiger partial charge in [-0.25, -0.2) is 0 Å². The Morgan fingerprint density at radius 1 is 1.71 bits per heavy atom. The van der Waals surface area contributed by atoms with Gasteiger partial charge in [0, 0.05) is 18.3 Å². The van der Waals surface area contributed by atoms with Crippen molar-refractivity contribution < 1.29 is 4.79 Å². The highest BCUT2D eigenvalue weighted by Gasteiger charge is 2.25. The number of thioether (sulfide) groups is 1. The summed E-state index contributed by atoms with van der Waals surface area (Å²) >= 11 is 6.06. The molecule has 0 aliphatic carbocycles. The van der Waals surface area contributed by atoms with Gasteiger partial charge in [-0.15, -0.1) is 0 Å². The van der Waals surface area contributed by atoms with Gasteiger partial charge in [-0.3, -0.25) is 4.79 Å². The topological polar surface area (TPSA) is 20.3 Å². The van der Waals surface area contributed by atoms with E-state index in [0.29, 0.717) is 16.9 Å². The Morgan fingerprint density at radius 3 is 3.00 bits per heavy atom. The molecule has 1 fully saturated rings. The van der Waals surface area contributed by atoms with Crippen LogP contribution in [0.2, 0.25) is 0 Å². The fraction of sp³-hybridized carbons (Fsp3) is 0.900. The molecule has 2 atom stereocenters. The molecule has 14 heavy (non-hydrogen) atoms. The van der Waals surface area contributed by atoms with E-state index in [1.807, 2.05) is 11.2 Å². The van der Waals surface area contributed by atoms with Crippen LogP contribution in [0.1, 0.15) is 19.8 Å². The predicted molar refractivity (Wildman–Crippen MR) is 66.1 cm³/mol.